The molecule has 8 heteroatoms. The summed E-state index contributed by atoms with van der Waals surface area (Å²) in [7, 11) is -0.497. The van der Waals surface area contributed by atoms with E-state index in [1.807, 2.05) is 24.3 Å². The van der Waals surface area contributed by atoms with E-state index in [9.17, 15) is 8.42 Å². The van der Waals surface area contributed by atoms with Crippen LogP contribution in [0.15, 0.2) is 39.8 Å². The average molecular weight is 359 g/mol. The second-order valence-electron chi connectivity index (χ2n) is 4.44. The highest BCUT2D eigenvalue weighted by atomic mass is 79.9. The van der Waals surface area contributed by atoms with Crippen LogP contribution < -0.4 is 5.73 Å². The van der Waals surface area contributed by atoms with Crippen molar-refractivity contribution < 1.29 is 8.42 Å². The molecule has 0 bridgehead atoms. The van der Waals surface area contributed by atoms with Gasteiger partial charge in [-0.25, -0.2) is 8.42 Å². The van der Waals surface area contributed by atoms with Gasteiger partial charge in [0.05, 0.1) is 0 Å². The first-order chi connectivity index (χ1) is 9.30. The lowest BCUT2D eigenvalue weighted by atomic mass is 10.2. The molecule has 0 amide bonds. The van der Waals surface area contributed by atoms with E-state index in [0.29, 0.717) is 0 Å². The quantitative estimate of drug-likeness (QED) is 0.899. The third kappa shape index (κ3) is 3.02. The topological polar surface area (TPSA) is 81.2 Å². The van der Waals surface area contributed by atoms with Gasteiger partial charge in [0, 0.05) is 31.3 Å². The minimum Gasteiger partial charge on any atom is -0.381 e. The van der Waals surface area contributed by atoms with Crippen LogP contribution in [0.2, 0.25) is 0 Å². The maximum atomic E-state index is 12.4. The highest BCUT2D eigenvalue weighted by Crippen LogP contribution is 2.21. The predicted octanol–water partition coefficient (Wildman–Crippen LogP) is 1.59. The number of aromatic nitrogens is 2. The predicted molar refractivity (Wildman–Crippen MR) is 80.4 cm³/mol. The van der Waals surface area contributed by atoms with Gasteiger partial charge >= 0.3 is 0 Å². The lowest BCUT2D eigenvalue weighted by Gasteiger charge is -2.16. The van der Waals surface area contributed by atoms with Crippen molar-refractivity contribution in [2.24, 2.45) is 7.05 Å². The number of aryl methyl sites for hydroxylation is 1. The number of benzene rings is 1. The molecule has 0 aliphatic carbocycles. The fraction of sp³-hybridized carbons (Fsp3) is 0.250. The number of nitrogens with two attached hydrogens (primary N) is 1. The maximum absolute atomic E-state index is 12.4. The molecule has 0 saturated heterocycles. The molecule has 0 radical (unpaired) electrons. The minimum absolute atomic E-state index is 0.00940. The van der Waals surface area contributed by atoms with Crippen LogP contribution in [0.5, 0.6) is 0 Å². The molecule has 1 aromatic carbocycles. The number of rotatable bonds is 4. The Bertz CT molecular complexity index is 710. The Morgan fingerprint density at radius 3 is 2.45 bits per heavy atom. The van der Waals surface area contributed by atoms with Gasteiger partial charge in [-0.05, 0) is 17.7 Å². The first-order valence-electron chi connectivity index (χ1n) is 5.80. The van der Waals surface area contributed by atoms with E-state index in [4.69, 9.17) is 5.73 Å². The summed E-state index contributed by atoms with van der Waals surface area (Å²) in [5, 5.41) is 3.86. The number of nitrogens with zero attached hydrogens (tertiary/aromatic N) is 3. The van der Waals surface area contributed by atoms with Crippen molar-refractivity contribution in [2.75, 3.05) is 12.8 Å². The SMILES string of the molecule is CN(Cc1ccc(Br)cc1)S(=O)(=O)c1cn(C)nc1N. The first kappa shape index (κ1) is 15.0. The Balaban J connectivity index is 2.25. The second kappa shape index (κ2) is 5.55. The van der Waals surface area contributed by atoms with Crippen molar-refractivity contribution in [3.8, 4) is 0 Å². The lowest BCUT2D eigenvalue weighted by molar-refractivity contribution is 0.467. The Morgan fingerprint density at radius 2 is 1.95 bits per heavy atom. The van der Waals surface area contributed by atoms with E-state index in [1.54, 1.807) is 7.05 Å². The van der Waals surface area contributed by atoms with Gasteiger partial charge < -0.3 is 5.73 Å². The molecule has 6 nitrogen and oxygen atoms in total. The van der Waals surface area contributed by atoms with Crippen molar-refractivity contribution >= 4 is 31.8 Å². The molecular weight excluding hydrogens is 344 g/mol. The molecule has 2 rings (SSSR count). The summed E-state index contributed by atoms with van der Waals surface area (Å²) in [6, 6.07) is 7.47. The highest BCUT2D eigenvalue weighted by molar-refractivity contribution is 9.10. The van der Waals surface area contributed by atoms with Crippen LogP contribution in [0.25, 0.3) is 0 Å². The fourth-order valence-electron chi connectivity index (χ4n) is 1.78. The van der Waals surface area contributed by atoms with Gasteiger partial charge in [0.15, 0.2) is 5.82 Å². The minimum atomic E-state index is -3.64. The molecule has 1 heterocycles. The summed E-state index contributed by atoms with van der Waals surface area (Å²) >= 11 is 3.34. The second-order valence-corrected chi connectivity index (χ2v) is 7.37. The van der Waals surface area contributed by atoms with Crippen LogP contribution >= 0.6 is 15.9 Å². The van der Waals surface area contributed by atoms with Gasteiger partial charge in [0.1, 0.15) is 4.90 Å². The maximum Gasteiger partial charge on any atom is 0.248 e. The van der Waals surface area contributed by atoms with Crippen molar-refractivity contribution in [3.63, 3.8) is 0 Å². The molecule has 0 aliphatic rings. The summed E-state index contributed by atoms with van der Waals surface area (Å²) in [5.41, 5.74) is 6.53. The van der Waals surface area contributed by atoms with E-state index in [0.717, 1.165) is 10.0 Å². The number of hydrogen-bond acceptors (Lipinski definition) is 4. The number of sulfonamides is 1. The molecule has 0 aliphatic heterocycles. The van der Waals surface area contributed by atoms with Gasteiger partial charge in [-0.1, -0.05) is 28.1 Å². The average Bonchev–Trinajstić information content (AvgIpc) is 2.72. The highest BCUT2D eigenvalue weighted by Gasteiger charge is 2.25. The molecular formula is C12H15BrN4O2S. The van der Waals surface area contributed by atoms with Gasteiger partial charge in [-0.15, -0.1) is 0 Å². The Labute approximate surface area is 126 Å². The summed E-state index contributed by atoms with van der Waals surface area (Å²) in [6.45, 7) is 0.268. The summed E-state index contributed by atoms with van der Waals surface area (Å²) < 4.78 is 28.4. The number of halogens is 1. The molecule has 2 N–H and O–H groups in total. The summed E-state index contributed by atoms with van der Waals surface area (Å²) in [5.74, 6) is 0.00940. The van der Waals surface area contributed by atoms with Crippen molar-refractivity contribution in [2.45, 2.75) is 11.4 Å². The zero-order valence-corrected chi connectivity index (χ0v) is 13.5. The Morgan fingerprint density at radius 1 is 1.35 bits per heavy atom. The Hall–Kier alpha value is -1.38. The molecule has 2 aromatic rings. The third-order valence-electron chi connectivity index (χ3n) is 2.83. The van der Waals surface area contributed by atoms with Gasteiger partial charge in [-0.2, -0.15) is 9.40 Å². The van der Waals surface area contributed by atoms with E-state index >= 15 is 0 Å². The van der Waals surface area contributed by atoms with E-state index < -0.39 is 10.0 Å². The van der Waals surface area contributed by atoms with E-state index in [2.05, 4.69) is 21.0 Å². The Kier molecular flexibility index (Phi) is 4.17. The molecule has 20 heavy (non-hydrogen) atoms. The smallest absolute Gasteiger partial charge is 0.248 e. The molecule has 0 fully saturated rings. The van der Waals surface area contributed by atoms with Crippen LogP contribution in [-0.4, -0.2) is 29.6 Å². The van der Waals surface area contributed by atoms with Crippen molar-refractivity contribution in [1.82, 2.24) is 14.1 Å². The largest absolute Gasteiger partial charge is 0.381 e. The molecule has 1 aromatic heterocycles. The first-order valence-corrected chi connectivity index (χ1v) is 8.04. The van der Waals surface area contributed by atoms with Gasteiger partial charge in [-0.3, -0.25) is 4.68 Å². The number of nitrogen functional groups attached to an aromatic ring is 1. The van der Waals surface area contributed by atoms with Crippen LogP contribution in [0.1, 0.15) is 5.56 Å². The van der Waals surface area contributed by atoms with Crippen LogP contribution in [0.4, 0.5) is 5.82 Å². The molecule has 0 spiro atoms. The zero-order valence-electron chi connectivity index (χ0n) is 11.1. The molecule has 0 unspecified atom stereocenters. The fourth-order valence-corrected chi connectivity index (χ4v) is 3.29. The van der Waals surface area contributed by atoms with Crippen LogP contribution in [0, 0.1) is 0 Å². The standard InChI is InChI=1S/C12H15BrN4O2S/c1-16-8-11(12(14)15-16)20(18,19)17(2)7-9-3-5-10(13)6-4-9/h3-6,8H,7H2,1-2H3,(H2,14,15). The summed E-state index contributed by atoms with van der Waals surface area (Å²) in [6.07, 6.45) is 1.41. The zero-order chi connectivity index (χ0) is 14.9. The van der Waals surface area contributed by atoms with Crippen molar-refractivity contribution in [3.05, 3.63) is 40.5 Å². The number of anilines is 1. The summed E-state index contributed by atoms with van der Waals surface area (Å²) in [4.78, 5) is 0.0274. The van der Waals surface area contributed by atoms with Gasteiger partial charge in [0.2, 0.25) is 10.0 Å². The van der Waals surface area contributed by atoms with E-state index in [-0.39, 0.29) is 17.3 Å². The number of hydrogen-bond donors (Lipinski definition) is 1. The van der Waals surface area contributed by atoms with Crippen LogP contribution in [-0.2, 0) is 23.6 Å². The molecule has 0 atom stereocenters. The van der Waals surface area contributed by atoms with Gasteiger partial charge in [0.25, 0.3) is 0 Å². The van der Waals surface area contributed by atoms with Crippen LogP contribution in [0.3, 0.4) is 0 Å². The monoisotopic (exact) mass is 358 g/mol. The van der Waals surface area contributed by atoms with Crippen molar-refractivity contribution in [1.29, 1.82) is 0 Å². The normalized spacial score (nSPS) is 12.0. The molecule has 0 saturated carbocycles. The van der Waals surface area contributed by atoms with E-state index in [1.165, 1.54) is 22.2 Å². The lowest BCUT2D eigenvalue weighted by Crippen LogP contribution is -2.26. The molecule has 108 valence electrons. The third-order valence-corrected chi connectivity index (χ3v) is 5.18.